The Kier molecular flexibility index (Phi) is 4.39. The molecule has 84 valence electrons. The summed E-state index contributed by atoms with van der Waals surface area (Å²) in [7, 11) is 2.07. The number of hydrogen-bond donors (Lipinski definition) is 1. The molecule has 1 aliphatic rings. The van der Waals surface area contributed by atoms with E-state index in [4.69, 9.17) is 0 Å². The van der Waals surface area contributed by atoms with Crippen LogP contribution in [0.3, 0.4) is 0 Å². The normalized spacial score (nSPS) is 30.2. The van der Waals surface area contributed by atoms with Crippen LogP contribution in [0.2, 0.25) is 0 Å². The fourth-order valence-electron chi connectivity index (χ4n) is 2.76. The maximum Gasteiger partial charge on any atom is 0.107 e. The van der Waals surface area contributed by atoms with Crippen LogP contribution in [-0.4, -0.2) is 29.3 Å². The predicted molar refractivity (Wildman–Crippen MR) is 60.0 cm³/mol. The standard InChI is InChI=1S/C12H25NO/c1-5-12(14)13(4)11-8-6-7-10(11)9(2)3/h9-12,14H,5-8H2,1-4H3. The third-order valence-electron chi connectivity index (χ3n) is 3.75. The molecule has 0 heterocycles. The Hall–Kier alpha value is -0.0800. The topological polar surface area (TPSA) is 23.5 Å². The van der Waals surface area contributed by atoms with Crippen LogP contribution in [0.15, 0.2) is 0 Å². The zero-order valence-corrected chi connectivity index (χ0v) is 10.0. The summed E-state index contributed by atoms with van der Waals surface area (Å²) < 4.78 is 0. The Bertz CT molecular complexity index is 170. The van der Waals surface area contributed by atoms with Gasteiger partial charge in [0.2, 0.25) is 0 Å². The van der Waals surface area contributed by atoms with Crippen LogP contribution >= 0.6 is 0 Å². The molecular formula is C12H25NO. The van der Waals surface area contributed by atoms with Crippen LogP contribution < -0.4 is 0 Å². The van der Waals surface area contributed by atoms with Crippen molar-refractivity contribution in [2.24, 2.45) is 11.8 Å². The van der Waals surface area contributed by atoms with Gasteiger partial charge in [0, 0.05) is 6.04 Å². The van der Waals surface area contributed by atoms with Crippen LogP contribution in [0.5, 0.6) is 0 Å². The molecule has 0 amide bonds. The highest BCUT2D eigenvalue weighted by atomic mass is 16.3. The van der Waals surface area contributed by atoms with Gasteiger partial charge in [0.25, 0.3) is 0 Å². The lowest BCUT2D eigenvalue weighted by Crippen LogP contribution is -2.43. The second-order valence-electron chi connectivity index (χ2n) is 4.96. The van der Waals surface area contributed by atoms with Crippen LogP contribution in [0, 0.1) is 11.8 Å². The molecule has 1 N–H and O–H groups in total. The maximum atomic E-state index is 9.81. The number of aliphatic hydroxyl groups is 1. The first-order valence-corrected chi connectivity index (χ1v) is 5.98. The first kappa shape index (κ1) is 12.0. The number of aliphatic hydroxyl groups excluding tert-OH is 1. The van der Waals surface area contributed by atoms with E-state index >= 15 is 0 Å². The Morgan fingerprint density at radius 2 is 2.00 bits per heavy atom. The Balaban J connectivity index is 2.57. The number of nitrogens with zero attached hydrogens (tertiary/aromatic N) is 1. The van der Waals surface area contributed by atoms with Gasteiger partial charge < -0.3 is 5.11 Å². The molecule has 1 aliphatic carbocycles. The van der Waals surface area contributed by atoms with Crippen molar-refractivity contribution in [1.29, 1.82) is 0 Å². The molecular weight excluding hydrogens is 174 g/mol. The van der Waals surface area contributed by atoms with E-state index in [9.17, 15) is 5.11 Å². The molecule has 3 unspecified atom stereocenters. The van der Waals surface area contributed by atoms with Gasteiger partial charge in [-0.05, 0) is 38.1 Å². The van der Waals surface area contributed by atoms with Crippen LogP contribution in [0.25, 0.3) is 0 Å². The highest BCUT2D eigenvalue weighted by Gasteiger charge is 2.33. The molecule has 14 heavy (non-hydrogen) atoms. The molecule has 0 radical (unpaired) electrons. The van der Waals surface area contributed by atoms with Gasteiger partial charge in [0.15, 0.2) is 0 Å². The summed E-state index contributed by atoms with van der Waals surface area (Å²) in [5.41, 5.74) is 0. The van der Waals surface area contributed by atoms with Crippen molar-refractivity contribution < 1.29 is 5.11 Å². The first-order chi connectivity index (χ1) is 6.57. The van der Waals surface area contributed by atoms with Crippen LogP contribution in [0.1, 0.15) is 46.5 Å². The van der Waals surface area contributed by atoms with Crippen molar-refractivity contribution in [3.05, 3.63) is 0 Å². The summed E-state index contributed by atoms with van der Waals surface area (Å²) in [6.07, 6.45) is 4.50. The van der Waals surface area contributed by atoms with E-state index < -0.39 is 0 Å². The third-order valence-corrected chi connectivity index (χ3v) is 3.75. The Labute approximate surface area is 88.3 Å². The largest absolute Gasteiger partial charge is 0.378 e. The van der Waals surface area contributed by atoms with Gasteiger partial charge in [0.05, 0.1) is 0 Å². The van der Waals surface area contributed by atoms with Gasteiger partial charge in [-0.25, -0.2) is 0 Å². The zero-order chi connectivity index (χ0) is 10.7. The van der Waals surface area contributed by atoms with Gasteiger partial charge >= 0.3 is 0 Å². The molecule has 0 aromatic rings. The van der Waals surface area contributed by atoms with E-state index in [1.807, 2.05) is 6.92 Å². The minimum absolute atomic E-state index is 0.251. The van der Waals surface area contributed by atoms with Crippen molar-refractivity contribution in [3.63, 3.8) is 0 Å². The highest BCUT2D eigenvalue weighted by Crippen LogP contribution is 2.35. The van der Waals surface area contributed by atoms with E-state index in [1.165, 1.54) is 19.3 Å². The van der Waals surface area contributed by atoms with E-state index in [0.717, 1.165) is 18.3 Å². The average Bonchev–Trinajstić information content (AvgIpc) is 2.63. The van der Waals surface area contributed by atoms with Crippen molar-refractivity contribution in [2.75, 3.05) is 7.05 Å². The van der Waals surface area contributed by atoms with Gasteiger partial charge in [-0.3, -0.25) is 4.90 Å². The van der Waals surface area contributed by atoms with E-state index in [1.54, 1.807) is 0 Å². The summed E-state index contributed by atoms with van der Waals surface area (Å²) in [5, 5.41) is 9.81. The van der Waals surface area contributed by atoms with Gasteiger partial charge in [-0.2, -0.15) is 0 Å². The molecule has 2 heteroatoms. The third kappa shape index (κ3) is 2.48. The maximum absolute atomic E-state index is 9.81. The zero-order valence-electron chi connectivity index (χ0n) is 10.0. The van der Waals surface area contributed by atoms with Gasteiger partial charge in [-0.1, -0.05) is 27.2 Å². The minimum Gasteiger partial charge on any atom is -0.378 e. The van der Waals surface area contributed by atoms with Gasteiger partial charge in [-0.15, -0.1) is 0 Å². The fourth-order valence-corrected chi connectivity index (χ4v) is 2.76. The van der Waals surface area contributed by atoms with Crippen LogP contribution in [0.4, 0.5) is 0 Å². The lowest BCUT2D eigenvalue weighted by Gasteiger charge is -2.34. The molecule has 0 spiro atoms. The fraction of sp³-hybridized carbons (Fsp3) is 1.00. The van der Waals surface area contributed by atoms with Crippen molar-refractivity contribution in [2.45, 2.75) is 58.7 Å². The number of hydrogen-bond acceptors (Lipinski definition) is 2. The number of rotatable bonds is 4. The van der Waals surface area contributed by atoms with E-state index in [-0.39, 0.29) is 6.23 Å². The highest BCUT2D eigenvalue weighted by molar-refractivity contribution is 4.86. The van der Waals surface area contributed by atoms with Crippen molar-refractivity contribution in [1.82, 2.24) is 4.90 Å². The average molecular weight is 199 g/mol. The summed E-state index contributed by atoms with van der Waals surface area (Å²) >= 11 is 0. The molecule has 0 bridgehead atoms. The van der Waals surface area contributed by atoms with Crippen molar-refractivity contribution >= 4 is 0 Å². The lowest BCUT2D eigenvalue weighted by atomic mass is 9.90. The molecule has 0 aromatic heterocycles. The molecule has 0 aromatic carbocycles. The molecule has 3 atom stereocenters. The smallest absolute Gasteiger partial charge is 0.107 e. The first-order valence-electron chi connectivity index (χ1n) is 5.98. The summed E-state index contributed by atoms with van der Waals surface area (Å²) in [6.45, 7) is 6.64. The van der Waals surface area contributed by atoms with Crippen molar-refractivity contribution in [3.8, 4) is 0 Å². The lowest BCUT2D eigenvalue weighted by molar-refractivity contribution is -0.0233. The summed E-state index contributed by atoms with van der Waals surface area (Å²) in [6, 6.07) is 0.602. The molecule has 0 saturated heterocycles. The minimum atomic E-state index is -0.251. The second-order valence-corrected chi connectivity index (χ2v) is 4.96. The van der Waals surface area contributed by atoms with Crippen LogP contribution in [-0.2, 0) is 0 Å². The monoisotopic (exact) mass is 199 g/mol. The molecule has 1 rings (SSSR count). The summed E-state index contributed by atoms with van der Waals surface area (Å²) in [5.74, 6) is 1.52. The van der Waals surface area contributed by atoms with E-state index in [0.29, 0.717) is 6.04 Å². The molecule has 2 nitrogen and oxygen atoms in total. The molecule has 0 aliphatic heterocycles. The Morgan fingerprint density at radius 1 is 1.36 bits per heavy atom. The predicted octanol–water partition coefficient (Wildman–Crippen LogP) is 2.47. The molecule has 1 saturated carbocycles. The Morgan fingerprint density at radius 3 is 2.50 bits per heavy atom. The summed E-state index contributed by atoms with van der Waals surface area (Å²) in [4.78, 5) is 2.18. The molecule has 1 fully saturated rings. The van der Waals surface area contributed by atoms with E-state index in [2.05, 4.69) is 25.8 Å². The second kappa shape index (κ2) is 5.13. The quantitative estimate of drug-likeness (QED) is 0.703. The van der Waals surface area contributed by atoms with Gasteiger partial charge in [0.1, 0.15) is 6.23 Å². The SMILES string of the molecule is CCC(O)N(C)C1CCCC1C(C)C.